The summed E-state index contributed by atoms with van der Waals surface area (Å²) in [5.41, 5.74) is 0.751. The minimum atomic E-state index is 0.410. The van der Waals surface area contributed by atoms with Gasteiger partial charge in [0.05, 0.1) is 5.03 Å². The number of pyridine rings is 1. The number of aldehydes is 1. The standard InChI is InChI=1S/C8H6ClNO/c9-8(3-5-11)7-2-1-4-10-6-7/h1-6H. The van der Waals surface area contributed by atoms with E-state index in [0.717, 1.165) is 5.56 Å². The van der Waals surface area contributed by atoms with Crippen molar-refractivity contribution >= 4 is 22.9 Å². The van der Waals surface area contributed by atoms with Gasteiger partial charge in [0.1, 0.15) is 6.29 Å². The monoisotopic (exact) mass is 167 g/mol. The summed E-state index contributed by atoms with van der Waals surface area (Å²) in [6.45, 7) is 0. The SMILES string of the molecule is O=CC=C(Cl)c1cccnc1. The summed E-state index contributed by atoms with van der Waals surface area (Å²) < 4.78 is 0. The van der Waals surface area contributed by atoms with Crippen molar-refractivity contribution in [1.29, 1.82) is 0 Å². The summed E-state index contributed by atoms with van der Waals surface area (Å²) in [7, 11) is 0. The minimum absolute atomic E-state index is 0.410. The van der Waals surface area contributed by atoms with Gasteiger partial charge in [-0.05, 0) is 12.1 Å². The molecular formula is C8H6ClNO. The van der Waals surface area contributed by atoms with Crippen molar-refractivity contribution in [1.82, 2.24) is 4.98 Å². The number of hydrogen-bond acceptors (Lipinski definition) is 2. The van der Waals surface area contributed by atoms with Crippen LogP contribution in [0.25, 0.3) is 5.03 Å². The first kappa shape index (κ1) is 7.95. The molecule has 0 unspecified atom stereocenters. The van der Waals surface area contributed by atoms with Crippen LogP contribution in [0.4, 0.5) is 0 Å². The molecular weight excluding hydrogens is 162 g/mol. The van der Waals surface area contributed by atoms with E-state index in [9.17, 15) is 4.79 Å². The van der Waals surface area contributed by atoms with Gasteiger partial charge in [0, 0.05) is 18.0 Å². The van der Waals surface area contributed by atoms with Crippen LogP contribution in [0.2, 0.25) is 0 Å². The highest BCUT2D eigenvalue weighted by atomic mass is 35.5. The van der Waals surface area contributed by atoms with Gasteiger partial charge >= 0.3 is 0 Å². The molecule has 0 aliphatic heterocycles. The Bertz CT molecular complexity index is 269. The van der Waals surface area contributed by atoms with Crippen LogP contribution in [0, 0.1) is 0 Å². The molecule has 0 aromatic carbocycles. The van der Waals surface area contributed by atoms with E-state index in [1.165, 1.54) is 6.08 Å². The summed E-state index contributed by atoms with van der Waals surface area (Å²) in [4.78, 5) is 13.9. The molecule has 3 heteroatoms. The lowest BCUT2D eigenvalue weighted by Crippen LogP contribution is -1.78. The Morgan fingerprint density at radius 3 is 3.00 bits per heavy atom. The van der Waals surface area contributed by atoms with Gasteiger partial charge in [-0.2, -0.15) is 0 Å². The summed E-state index contributed by atoms with van der Waals surface area (Å²) in [6, 6.07) is 3.55. The maximum atomic E-state index is 10.0. The highest BCUT2D eigenvalue weighted by molar-refractivity contribution is 6.49. The number of nitrogens with zero attached hydrogens (tertiary/aromatic N) is 1. The lowest BCUT2D eigenvalue weighted by atomic mass is 10.2. The molecule has 1 rings (SSSR count). The number of halogens is 1. The summed E-state index contributed by atoms with van der Waals surface area (Å²) >= 11 is 5.70. The smallest absolute Gasteiger partial charge is 0.144 e. The number of hydrogen-bond donors (Lipinski definition) is 0. The molecule has 1 aromatic rings. The third-order valence-corrected chi connectivity index (χ3v) is 1.50. The first-order valence-electron chi connectivity index (χ1n) is 3.06. The third-order valence-electron chi connectivity index (χ3n) is 1.15. The van der Waals surface area contributed by atoms with E-state index >= 15 is 0 Å². The van der Waals surface area contributed by atoms with E-state index in [1.54, 1.807) is 24.5 Å². The normalized spacial score (nSPS) is 11.2. The van der Waals surface area contributed by atoms with Gasteiger partial charge in [0.2, 0.25) is 0 Å². The van der Waals surface area contributed by atoms with Crippen molar-refractivity contribution in [2.45, 2.75) is 0 Å². The fraction of sp³-hybridized carbons (Fsp3) is 0. The van der Waals surface area contributed by atoms with Crippen LogP contribution in [0.1, 0.15) is 5.56 Å². The number of rotatable bonds is 2. The molecule has 0 spiro atoms. The molecule has 56 valence electrons. The van der Waals surface area contributed by atoms with Crippen molar-refractivity contribution < 1.29 is 4.79 Å². The predicted molar refractivity (Wildman–Crippen MR) is 44.1 cm³/mol. The zero-order valence-corrected chi connectivity index (χ0v) is 6.45. The first-order chi connectivity index (χ1) is 5.34. The molecule has 0 N–H and O–H groups in total. The van der Waals surface area contributed by atoms with Gasteiger partial charge in [-0.25, -0.2) is 0 Å². The molecule has 0 atom stereocenters. The third kappa shape index (κ3) is 2.16. The molecule has 0 amide bonds. The molecule has 2 nitrogen and oxygen atoms in total. The molecule has 0 bridgehead atoms. The Labute approximate surface area is 69.5 Å². The molecule has 0 saturated carbocycles. The van der Waals surface area contributed by atoms with Gasteiger partial charge in [-0.15, -0.1) is 0 Å². The van der Waals surface area contributed by atoms with Crippen LogP contribution in [-0.4, -0.2) is 11.3 Å². The second-order valence-electron chi connectivity index (χ2n) is 1.89. The highest BCUT2D eigenvalue weighted by Crippen LogP contribution is 2.15. The average molecular weight is 168 g/mol. The number of allylic oxidation sites excluding steroid dienone is 1. The molecule has 0 fully saturated rings. The molecule has 11 heavy (non-hydrogen) atoms. The molecule has 1 aromatic heterocycles. The molecule has 0 aliphatic rings. The van der Waals surface area contributed by atoms with Gasteiger partial charge in [0.25, 0.3) is 0 Å². The zero-order chi connectivity index (χ0) is 8.10. The van der Waals surface area contributed by atoms with E-state index in [2.05, 4.69) is 4.98 Å². The second-order valence-corrected chi connectivity index (χ2v) is 2.30. The van der Waals surface area contributed by atoms with Crippen molar-refractivity contribution in [3.8, 4) is 0 Å². The topological polar surface area (TPSA) is 30.0 Å². The molecule has 0 radical (unpaired) electrons. The van der Waals surface area contributed by atoms with Crippen molar-refractivity contribution in [3.63, 3.8) is 0 Å². The summed E-state index contributed by atoms with van der Waals surface area (Å²) in [5, 5.41) is 0.410. The maximum Gasteiger partial charge on any atom is 0.144 e. The van der Waals surface area contributed by atoms with E-state index in [4.69, 9.17) is 11.6 Å². The number of carbonyl (C=O) groups excluding carboxylic acids is 1. The van der Waals surface area contributed by atoms with Crippen LogP contribution in [0.5, 0.6) is 0 Å². The Kier molecular flexibility index (Phi) is 2.81. The van der Waals surface area contributed by atoms with Crippen LogP contribution in [0.15, 0.2) is 30.6 Å². The molecule has 0 aliphatic carbocycles. The summed E-state index contributed by atoms with van der Waals surface area (Å²) in [5.74, 6) is 0. The van der Waals surface area contributed by atoms with Crippen LogP contribution in [-0.2, 0) is 4.79 Å². The Balaban J connectivity index is 2.94. The molecule has 1 heterocycles. The van der Waals surface area contributed by atoms with Gasteiger partial charge in [-0.3, -0.25) is 9.78 Å². The lowest BCUT2D eigenvalue weighted by Gasteiger charge is -1.93. The van der Waals surface area contributed by atoms with E-state index < -0.39 is 0 Å². The van der Waals surface area contributed by atoms with E-state index in [0.29, 0.717) is 11.3 Å². The van der Waals surface area contributed by atoms with Crippen molar-refractivity contribution in [2.24, 2.45) is 0 Å². The van der Waals surface area contributed by atoms with Gasteiger partial charge < -0.3 is 0 Å². The second kappa shape index (κ2) is 3.88. The fourth-order valence-electron chi connectivity index (χ4n) is 0.660. The van der Waals surface area contributed by atoms with Gasteiger partial charge in [0.15, 0.2) is 0 Å². The van der Waals surface area contributed by atoms with E-state index in [-0.39, 0.29) is 0 Å². The predicted octanol–water partition coefficient (Wildman–Crippen LogP) is 1.86. The Hall–Kier alpha value is -1.15. The molecule has 0 saturated heterocycles. The zero-order valence-electron chi connectivity index (χ0n) is 5.70. The first-order valence-corrected chi connectivity index (χ1v) is 3.44. The Morgan fingerprint density at radius 1 is 1.64 bits per heavy atom. The quantitative estimate of drug-likeness (QED) is 0.497. The highest BCUT2D eigenvalue weighted by Gasteiger charge is 1.94. The van der Waals surface area contributed by atoms with Crippen LogP contribution < -0.4 is 0 Å². The van der Waals surface area contributed by atoms with Crippen LogP contribution in [0.3, 0.4) is 0 Å². The van der Waals surface area contributed by atoms with Crippen LogP contribution >= 0.6 is 11.6 Å². The van der Waals surface area contributed by atoms with E-state index in [1.807, 2.05) is 0 Å². The lowest BCUT2D eigenvalue weighted by molar-refractivity contribution is -0.104. The number of aromatic nitrogens is 1. The number of carbonyl (C=O) groups is 1. The minimum Gasteiger partial charge on any atom is -0.299 e. The summed E-state index contributed by atoms with van der Waals surface area (Å²) in [6.07, 6.45) is 5.19. The van der Waals surface area contributed by atoms with Gasteiger partial charge in [-0.1, -0.05) is 17.7 Å². The largest absolute Gasteiger partial charge is 0.299 e. The average Bonchev–Trinajstić information content (AvgIpc) is 2.07. The fourth-order valence-corrected chi connectivity index (χ4v) is 0.823. The van der Waals surface area contributed by atoms with Crippen molar-refractivity contribution in [2.75, 3.05) is 0 Å². The maximum absolute atomic E-state index is 10.0. The Morgan fingerprint density at radius 2 is 2.45 bits per heavy atom. The van der Waals surface area contributed by atoms with Crippen molar-refractivity contribution in [3.05, 3.63) is 36.2 Å².